The lowest BCUT2D eigenvalue weighted by molar-refractivity contribution is -0.502. The van der Waals surface area contributed by atoms with E-state index in [4.69, 9.17) is 0 Å². The number of nitrogens with zero attached hydrogens (tertiary/aromatic N) is 2. The van der Waals surface area contributed by atoms with Crippen molar-refractivity contribution in [3.05, 3.63) is 101 Å². The van der Waals surface area contributed by atoms with Crippen molar-refractivity contribution in [3.63, 3.8) is 0 Å². The van der Waals surface area contributed by atoms with Crippen LogP contribution in [0.1, 0.15) is 17.3 Å². The van der Waals surface area contributed by atoms with Gasteiger partial charge in [-0.05, 0) is 24.3 Å². The van der Waals surface area contributed by atoms with Crippen molar-refractivity contribution < 1.29 is 4.74 Å². The van der Waals surface area contributed by atoms with Crippen LogP contribution in [0.15, 0.2) is 84.9 Å². The lowest BCUT2D eigenvalue weighted by Gasteiger charge is -2.35. The third kappa shape index (κ3) is 2.36. The zero-order chi connectivity index (χ0) is 15.6. The molecular weight excluding hydrogens is 284 g/mol. The van der Waals surface area contributed by atoms with E-state index >= 15 is 0 Å². The summed E-state index contributed by atoms with van der Waals surface area (Å²) in [4.78, 5) is 2.09. The molecule has 0 amide bonds. The smallest absolute Gasteiger partial charge is 0.269 e. The number of hydrogen-bond donors (Lipinski definition) is 0. The zero-order valence-corrected chi connectivity index (χ0v) is 12.5. The van der Waals surface area contributed by atoms with Gasteiger partial charge in [0.25, 0.3) is 6.17 Å². The number of fused-ring (bicyclic) bond motifs is 1. The first-order valence-corrected chi connectivity index (χ1v) is 7.63. The van der Waals surface area contributed by atoms with E-state index in [-0.39, 0.29) is 0 Å². The molecule has 3 heteroatoms. The predicted molar refractivity (Wildman–Crippen MR) is 93.0 cm³/mol. The Kier molecular flexibility index (Phi) is 3.31. The van der Waals surface area contributed by atoms with E-state index in [9.17, 15) is 5.21 Å². The monoisotopic (exact) mass is 300 g/mol. The summed E-state index contributed by atoms with van der Waals surface area (Å²) in [6.07, 6.45) is 1.26. The molecule has 1 heterocycles. The summed E-state index contributed by atoms with van der Waals surface area (Å²) in [5.74, 6) is 0. The van der Waals surface area contributed by atoms with Crippen LogP contribution in [-0.2, 0) is 0 Å². The van der Waals surface area contributed by atoms with Crippen molar-refractivity contribution in [2.75, 3.05) is 4.90 Å². The van der Waals surface area contributed by atoms with Crippen LogP contribution in [0.5, 0.6) is 0 Å². The minimum Gasteiger partial charge on any atom is -0.622 e. The third-order valence-corrected chi connectivity index (χ3v) is 4.08. The lowest BCUT2D eigenvalue weighted by Crippen LogP contribution is -2.35. The van der Waals surface area contributed by atoms with Gasteiger partial charge in [0.15, 0.2) is 6.21 Å². The highest BCUT2D eigenvalue weighted by atomic mass is 16.5. The van der Waals surface area contributed by atoms with Gasteiger partial charge >= 0.3 is 0 Å². The molecule has 3 nitrogen and oxygen atoms in total. The molecule has 3 aromatic rings. The molecule has 0 saturated carbocycles. The topological polar surface area (TPSA) is 29.3 Å². The van der Waals surface area contributed by atoms with Gasteiger partial charge in [0, 0.05) is 11.3 Å². The highest BCUT2D eigenvalue weighted by Gasteiger charge is 2.33. The Morgan fingerprint density at radius 1 is 0.739 bits per heavy atom. The van der Waals surface area contributed by atoms with Crippen molar-refractivity contribution in [1.29, 1.82) is 0 Å². The van der Waals surface area contributed by atoms with Gasteiger partial charge in [-0.15, -0.1) is 0 Å². The Labute approximate surface area is 135 Å². The van der Waals surface area contributed by atoms with E-state index in [2.05, 4.69) is 11.0 Å². The maximum absolute atomic E-state index is 12.8. The number of hydroxylamine groups is 1. The first kappa shape index (κ1) is 13.6. The fraction of sp³-hybridized carbons (Fsp3) is 0.0500. The summed E-state index contributed by atoms with van der Waals surface area (Å²) < 4.78 is 1.03. The summed E-state index contributed by atoms with van der Waals surface area (Å²) >= 11 is 0. The molecule has 1 unspecified atom stereocenters. The first-order chi connectivity index (χ1) is 11.3. The minimum atomic E-state index is -0.409. The van der Waals surface area contributed by atoms with Crippen LogP contribution < -0.4 is 4.90 Å². The Hall–Kier alpha value is -3.07. The zero-order valence-electron chi connectivity index (χ0n) is 12.5. The Balaban J connectivity index is 1.94. The molecule has 0 spiro atoms. The molecule has 0 N–H and O–H groups in total. The number of para-hydroxylation sites is 2. The molecule has 0 aliphatic carbocycles. The quantitative estimate of drug-likeness (QED) is 0.516. The fourth-order valence-corrected chi connectivity index (χ4v) is 3.06. The molecule has 0 radical (unpaired) electrons. The largest absolute Gasteiger partial charge is 0.622 e. The van der Waals surface area contributed by atoms with Crippen molar-refractivity contribution >= 4 is 17.6 Å². The van der Waals surface area contributed by atoms with Gasteiger partial charge < -0.3 is 5.21 Å². The van der Waals surface area contributed by atoms with E-state index < -0.39 is 6.17 Å². The average Bonchev–Trinajstić information content (AvgIpc) is 2.62. The van der Waals surface area contributed by atoms with Crippen LogP contribution in [0, 0.1) is 5.21 Å². The van der Waals surface area contributed by atoms with Gasteiger partial charge in [0.1, 0.15) is 0 Å². The van der Waals surface area contributed by atoms with Crippen molar-refractivity contribution in [2.45, 2.75) is 6.17 Å². The molecule has 0 fully saturated rings. The fourth-order valence-electron chi connectivity index (χ4n) is 3.06. The van der Waals surface area contributed by atoms with Crippen LogP contribution in [0.3, 0.4) is 0 Å². The number of rotatable bonds is 2. The van der Waals surface area contributed by atoms with E-state index in [1.165, 1.54) is 0 Å². The van der Waals surface area contributed by atoms with E-state index in [0.29, 0.717) is 0 Å². The van der Waals surface area contributed by atoms with Gasteiger partial charge in [-0.3, -0.25) is 4.90 Å². The second-order valence-electron chi connectivity index (χ2n) is 5.54. The molecule has 1 atom stereocenters. The van der Waals surface area contributed by atoms with Crippen molar-refractivity contribution in [1.82, 2.24) is 0 Å². The number of anilines is 2. The second kappa shape index (κ2) is 5.61. The van der Waals surface area contributed by atoms with Crippen LogP contribution in [0.25, 0.3) is 0 Å². The molecule has 0 aromatic heterocycles. The van der Waals surface area contributed by atoms with Gasteiger partial charge in [0.05, 0.1) is 11.3 Å². The SMILES string of the molecule is [O-][N+]1=Cc2ccccc2N(c2ccccc2)C1c1ccccc1. The van der Waals surface area contributed by atoms with E-state index in [0.717, 1.165) is 27.2 Å². The van der Waals surface area contributed by atoms with Crippen LogP contribution in [0.4, 0.5) is 11.4 Å². The summed E-state index contributed by atoms with van der Waals surface area (Å²) in [5.41, 5.74) is 3.94. The number of hydrogen-bond acceptors (Lipinski definition) is 2. The van der Waals surface area contributed by atoms with Gasteiger partial charge in [-0.25, -0.2) is 0 Å². The predicted octanol–water partition coefficient (Wildman–Crippen LogP) is 4.47. The van der Waals surface area contributed by atoms with Crippen LogP contribution in [-0.4, -0.2) is 11.0 Å². The summed E-state index contributed by atoms with van der Waals surface area (Å²) in [7, 11) is 0. The normalized spacial score (nSPS) is 16.6. The standard InChI is InChI=1S/C20H16N2O/c23-21-15-17-11-7-8-14-19(17)22(18-12-5-2-6-13-18)20(21)16-9-3-1-4-10-16/h1-15,20H. The second-order valence-corrected chi connectivity index (χ2v) is 5.54. The third-order valence-electron chi connectivity index (χ3n) is 4.08. The molecule has 112 valence electrons. The molecule has 0 bridgehead atoms. The van der Waals surface area contributed by atoms with Gasteiger partial charge in [-0.1, -0.05) is 60.7 Å². The highest BCUT2D eigenvalue weighted by molar-refractivity contribution is 5.89. The van der Waals surface area contributed by atoms with Crippen LogP contribution in [0.2, 0.25) is 0 Å². The highest BCUT2D eigenvalue weighted by Crippen LogP contribution is 2.39. The Morgan fingerprint density at radius 3 is 2.09 bits per heavy atom. The van der Waals surface area contributed by atoms with Crippen molar-refractivity contribution in [3.8, 4) is 0 Å². The molecular formula is C20H16N2O. The maximum Gasteiger partial charge on any atom is 0.269 e. The van der Waals surface area contributed by atoms with Crippen LogP contribution >= 0.6 is 0 Å². The molecule has 23 heavy (non-hydrogen) atoms. The van der Waals surface area contributed by atoms with Gasteiger partial charge in [0.2, 0.25) is 0 Å². The molecule has 1 aliphatic heterocycles. The van der Waals surface area contributed by atoms with Crippen molar-refractivity contribution in [2.24, 2.45) is 0 Å². The molecule has 0 saturated heterocycles. The molecule has 4 rings (SSSR count). The van der Waals surface area contributed by atoms with Gasteiger partial charge in [-0.2, -0.15) is 4.74 Å². The Morgan fingerprint density at radius 2 is 1.35 bits per heavy atom. The first-order valence-electron chi connectivity index (χ1n) is 7.63. The lowest BCUT2D eigenvalue weighted by atomic mass is 10.0. The number of benzene rings is 3. The summed E-state index contributed by atoms with van der Waals surface area (Å²) in [6, 6.07) is 27.9. The Bertz CT molecular complexity index is 844. The van der Waals surface area contributed by atoms with E-state index in [1.54, 1.807) is 6.21 Å². The summed E-state index contributed by atoms with van der Waals surface area (Å²) in [5, 5.41) is 12.8. The minimum absolute atomic E-state index is 0.409. The maximum atomic E-state index is 12.8. The summed E-state index contributed by atoms with van der Waals surface area (Å²) in [6.45, 7) is 0. The molecule has 1 aliphatic rings. The average molecular weight is 300 g/mol. The molecule has 3 aromatic carbocycles. The van der Waals surface area contributed by atoms with E-state index in [1.807, 2.05) is 78.9 Å².